The molecule has 140 valence electrons. The highest BCUT2D eigenvalue weighted by molar-refractivity contribution is 7.98. The Labute approximate surface area is 168 Å². The van der Waals surface area contributed by atoms with Crippen LogP contribution < -0.4 is 20.7 Å². The number of thioether (sulfide) groups is 1. The number of para-hydroxylation sites is 2. The number of thiocarbonyl (C=S) groups is 1. The summed E-state index contributed by atoms with van der Waals surface area (Å²) < 4.78 is 5.33. The molecular formula is C20H21N3O2S2. The fourth-order valence-electron chi connectivity index (χ4n) is 2.98. The monoisotopic (exact) mass is 399 g/mol. The van der Waals surface area contributed by atoms with Gasteiger partial charge in [-0.15, -0.1) is 11.8 Å². The van der Waals surface area contributed by atoms with Gasteiger partial charge in [-0.2, -0.15) is 0 Å². The maximum atomic E-state index is 13.1. The topological polar surface area (TPSA) is 62.4 Å². The van der Waals surface area contributed by atoms with Crippen LogP contribution in [0.2, 0.25) is 0 Å². The Bertz CT molecular complexity index is 894. The van der Waals surface area contributed by atoms with Gasteiger partial charge in [-0.3, -0.25) is 4.79 Å². The van der Waals surface area contributed by atoms with Gasteiger partial charge >= 0.3 is 0 Å². The first-order valence-electron chi connectivity index (χ1n) is 8.40. The van der Waals surface area contributed by atoms with Crippen LogP contribution in [0.5, 0.6) is 5.75 Å². The van der Waals surface area contributed by atoms with Crippen molar-refractivity contribution in [2.45, 2.75) is 17.9 Å². The summed E-state index contributed by atoms with van der Waals surface area (Å²) in [5, 5.41) is 9.71. The van der Waals surface area contributed by atoms with Crippen LogP contribution in [0.25, 0.3) is 0 Å². The lowest BCUT2D eigenvalue weighted by Crippen LogP contribution is -2.45. The molecule has 0 aromatic heterocycles. The number of rotatable bonds is 5. The van der Waals surface area contributed by atoms with Crippen molar-refractivity contribution < 1.29 is 9.53 Å². The van der Waals surface area contributed by atoms with E-state index in [-0.39, 0.29) is 11.9 Å². The van der Waals surface area contributed by atoms with Crippen LogP contribution in [0.3, 0.4) is 0 Å². The molecule has 0 spiro atoms. The Balaban J connectivity index is 1.94. The van der Waals surface area contributed by atoms with Crippen molar-refractivity contribution in [3.05, 3.63) is 65.4 Å². The maximum absolute atomic E-state index is 13.1. The average molecular weight is 400 g/mol. The van der Waals surface area contributed by atoms with E-state index in [1.54, 1.807) is 18.9 Å². The second-order valence-electron chi connectivity index (χ2n) is 6.00. The van der Waals surface area contributed by atoms with Gasteiger partial charge in [0.25, 0.3) is 5.91 Å². The molecule has 3 rings (SSSR count). The number of anilines is 1. The van der Waals surface area contributed by atoms with E-state index in [4.69, 9.17) is 17.0 Å². The zero-order valence-corrected chi connectivity index (χ0v) is 17.0. The number of nitrogens with one attached hydrogen (secondary N) is 3. The largest absolute Gasteiger partial charge is 0.495 e. The second-order valence-corrected chi connectivity index (χ2v) is 7.29. The molecule has 3 N–H and O–H groups in total. The minimum atomic E-state index is -0.329. The fraction of sp³-hybridized carbons (Fsp3) is 0.200. The van der Waals surface area contributed by atoms with E-state index in [2.05, 4.69) is 16.0 Å². The van der Waals surface area contributed by atoms with E-state index in [0.717, 1.165) is 16.2 Å². The molecule has 7 heteroatoms. The van der Waals surface area contributed by atoms with E-state index in [9.17, 15) is 4.79 Å². The quantitative estimate of drug-likeness (QED) is 0.524. The molecule has 0 saturated heterocycles. The number of carbonyl (C=O) groups is 1. The molecule has 2 aromatic carbocycles. The third-order valence-corrected chi connectivity index (χ3v) is 5.28. The number of hydrogen-bond acceptors (Lipinski definition) is 4. The predicted octanol–water partition coefficient (Wildman–Crippen LogP) is 3.85. The summed E-state index contributed by atoms with van der Waals surface area (Å²) in [5.74, 6) is 0.399. The van der Waals surface area contributed by atoms with Crippen LogP contribution >= 0.6 is 24.0 Å². The molecule has 0 unspecified atom stereocenters. The van der Waals surface area contributed by atoms with Gasteiger partial charge in [0.1, 0.15) is 5.75 Å². The Morgan fingerprint density at radius 2 is 1.89 bits per heavy atom. The standard InChI is InChI=1S/C20H21N3O2S2/c1-12-17(19(24)22-15-6-4-5-7-16(15)25-2)18(23-20(26)21-12)13-8-10-14(27-3)11-9-13/h4-11,18H,1-3H3,(H,22,24)(H2,21,23,26)/t18-/m0/s1. The summed E-state index contributed by atoms with van der Waals surface area (Å²) in [6.45, 7) is 1.85. The Kier molecular flexibility index (Phi) is 6.03. The Morgan fingerprint density at radius 3 is 2.56 bits per heavy atom. The molecule has 2 aromatic rings. The minimum Gasteiger partial charge on any atom is -0.495 e. The molecule has 0 saturated carbocycles. The molecule has 0 bridgehead atoms. The normalized spacial score (nSPS) is 16.4. The van der Waals surface area contributed by atoms with Crippen LogP contribution in [-0.4, -0.2) is 24.4 Å². The molecule has 1 aliphatic rings. The zero-order valence-electron chi connectivity index (χ0n) is 15.3. The van der Waals surface area contributed by atoms with Crippen LogP contribution in [0.15, 0.2) is 64.7 Å². The number of carbonyl (C=O) groups excluding carboxylic acids is 1. The highest BCUT2D eigenvalue weighted by atomic mass is 32.2. The summed E-state index contributed by atoms with van der Waals surface area (Å²) in [5.41, 5.74) is 2.91. The van der Waals surface area contributed by atoms with Gasteiger partial charge in [0.05, 0.1) is 24.4 Å². The van der Waals surface area contributed by atoms with Crippen molar-refractivity contribution in [3.63, 3.8) is 0 Å². The first-order valence-corrected chi connectivity index (χ1v) is 10.0. The lowest BCUT2D eigenvalue weighted by atomic mass is 9.95. The minimum absolute atomic E-state index is 0.210. The fourth-order valence-corrected chi connectivity index (χ4v) is 3.66. The molecule has 0 aliphatic carbocycles. The number of ether oxygens (including phenoxy) is 1. The van der Waals surface area contributed by atoms with Gasteiger partial charge in [-0.05, 0) is 55.2 Å². The van der Waals surface area contributed by atoms with Crippen LogP contribution in [0, 0.1) is 0 Å². The number of allylic oxidation sites excluding steroid dienone is 1. The molecular weight excluding hydrogens is 378 g/mol. The van der Waals surface area contributed by atoms with E-state index in [0.29, 0.717) is 22.1 Å². The predicted molar refractivity (Wildman–Crippen MR) is 114 cm³/mol. The average Bonchev–Trinajstić information content (AvgIpc) is 2.67. The lowest BCUT2D eigenvalue weighted by molar-refractivity contribution is -0.113. The van der Waals surface area contributed by atoms with E-state index >= 15 is 0 Å². The third-order valence-electron chi connectivity index (χ3n) is 4.32. The number of methoxy groups -OCH3 is 1. The van der Waals surface area contributed by atoms with Crippen molar-refractivity contribution in [1.29, 1.82) is 0 Å². The molecule has 1 amide bonds. The van der Waals surface area contributed by atoms with Gasteiger partial charge in [-0.25, -0.2) is 0 Å². The summed E-state index contributed by atoms with van der Waals surface area (Å²) in [6.07, 6.45) is 2.03. The molecule has 27 heavy (non-hydrogen) atoms. The number of hydrogen-bond donors (Lipinski definition) is 3. The Morgan fingerprint density at radius 1 is 1.19 bits per heavy atom. The summed E-state index contributed by atoms with van der Waals surface area (Å²) in [4.78, 5) is 14.3. The van der Waals surface area contributed by atoms with Gasteiger partial charge < -0.3 is 20.7 Å². The first-order chi connectivity index (χ1) is 13.0. The second kappa shape index (κ2) is 8.45. The molecule has 1 atom stereocenters. The van der Waals surface area contributed by atoms with Gasteiger partial charge in [0.2, 0.25) is 0 Å². The SMILES string of the molecule is COc1ccccc1NC(=O)C1=C(C)NC(=S)N[C@H]1c1ccc(SC)cc1. The van der Waals surface area contributed by atoms with Crippen LogP contribution in [0.4, 0.5) is 5.69 Å². The van der Waals surface area contributed by atoms with Crippen molar-refractivity contribution in [2.75, 3.05) is 18.7 Å². The lowest BCUT2D eigenvalue weighted by Gasteiger charge is -2.30. The molecule has 1 aliphatic heterocycles. The van der Waals surface area contributed by atoms with Gasteiger partial charge in [0.15, 0.2) is 5.11 Å². The highest BCUT2D eigenvalue weighted by Gasteiger charge is 2.30. The number of benzene rings is 2. The Hall–Kier alpha value is -2.51. The van der Waals surface area contributed by atoms with Crippen LogP contribution in [-0.2, 0) is 4.79 Å². The summed E-state index contributed by atoms with van der Waals surface area (Å²) in [6, 6.07) is 15.1. The van der Waals surface area contributed by atoms with Gasteiger partial charge in [-0.1, -0.05) is 24.3 Å². The smallest absolute Gasteiger partial charge is 0.255 e. The van der Waals surface area contributed by atoms with Crippen molar-refractivity contribution in [3.8, 4) is 5.75 Å². The molecule has 1 heterocycles. The highest BCUT2D eigenvalue weighted by Crippen LogP contribution is 2.30. The van der Waals surface area contributed by atoms with E-state index in [1.807, 2.05) is 61.7 Å². The maximum Gasteiger partial charge on any atom is 0.255 e. The van der Waals surface area contributed by atoms with E-state index < -0.39 is 0 Å². The van der Waals surface area contributed by atoms with Crippen molar-refractivity contribution in [2.24, 2.45) is 0 Å². The van der Waals surface area contributed by atoms with Crippen molar-refractivity contribution >= 4 is 40.7 Å². The van der Waals surface area contributed by atoms with Gasteiger partial charge in [0, 0.05) is 10.6 Å². The first kappa shape index (κ1) is 19.3. The summed E-state index contributed by atoms with van der Waals surface area (Å²) >= 11 is 6.98. The number of amides is 1. The van der Waals surface area contributed by atoms with Crippen molar-refractivity contribution in [1.82, 2.24) is 10.6 Å². The van der Waals surface area contributed by atoms with Crippen LogP contribution in [0.1, 0.15) is 18.5 Å². The molecule has 0 radical (unpaired) electrons. The molecule has 0 fully saturated rings. The zero-order chi connectivity index (χ0) is 19.4. The van der Waals surface area contributed by atoms with E-state index in [1.165, 1.54) is 0 Å². The summed E-state index contributed by atoms with van der Waals surface area (Å²) in [7, 11) is 1.58. The molecule has 5 nitrogen and oxygen atoms in total. The third kappa shape index (κ3) is 4.26.